The van der Waals surface area contributed by atoms with Crippen LogP contribution < -0.4 is 5.32 Å². The third-order valence-electron chi connectivity index (χ3n) is 3.70. The highest BCUT2D eigenvalue weighted by atomic mass is 16.5. The molecule has 21 heavy (non-hydrogen) atoms. The van der Waals surface area contributed by atoms with Gasteiger partial charge in [-0.3, -0.25) is 9.59 Å². The number of methoxy groups -OCH3 is 1. The van der Waals surface area contributed by atoms with E-state index >= 15 is 0 Å². The Bertz CT molecular complexity index is 512. The molecule has 1 aromatic heterocycles. The molecular formula is C15H22N2O4. The zero-order valence-corrected chi connectivity index (χ0v) is 12.7. The molecule has 0 unspecified atom stereocenters. The summed E-state index contributed by atoms with van der Waals surface area (Å²) in [5.74, 6) is 1.14. The van der Waals surface area contributed by atoms with Crippen molar-refractivity contribution in [1.29, 1.82) is 0 Å². The van der Waals surface area contributed by atoms with E-state index in [1.54, 1.807) is 12.0 Å². The van der Waals surface area contributed by atoms with Crippen molar-refractivity contribution in [3.63, 3.8) is 0 Å². The van der Waals surface area contributed by atoms with Gasteiger partial charge in [0.05, 0.1) is 18.6 Å². The van der Waals surface area contributed by atoms with E-state index in [0.717, 1.165) is 11.5 Å². The van der Waals surface area contributed by atoms with Crippen molar-refractivity contribution in [2.75, 3.05) is 26.8 Å². The first-order valence-corrected chi connectivity index (χ1v) is 7.14. The van der Waals surface area contributed by atoms with Gasteiger partial charge in [0.1, 0.15) is 11.5 Å². The first-order valence-electron chi connectivity index (χ1n) is 7.14. The number of amides is 2. The molecule has 2 rings (SSSR count). The molecule has 0 spiro atoms. The van der Waals surface area contributed by atoms with Crippen LogP contribution in [0.1, 0.15) is 30.9 Å². The van der Waals surface area contributed by atoms with Crippen LogP contribution in [-0.2, 0) is 14.3 Å². The van der Waals surface area contributed by atoms with Crippen molar-refractivity contribution in [3.05, 3.63) is 23.7 Å². The van der Waals surface area contributed by atoms with E-state index in [0.29, 0.717) is 19.7 Å². The number of hydrogen-bond donors (Lipinski definition) is 1. The number of ether oxygens (including phenoxy) is 1. The molecule has 6 heteroatoms. The Kier molecular flexibility index (Phi) is 5.01. The van der Waals surface area contributed by atoms with Crippen LogP contribution in [-0.4, -0.2) is 43.5 Å². The van der Waals surface area contributed by atoms with Gasteiger partial charge in [0.25, 0.3) is 0 Å². The van der Waals surface area contributed by atoms with E-state index in [4.69, 9.17) is 9.15 Å². The van der Waals surface area contributed by atoms with Crippen LogP contribution in [0.15, 0.2) is 16.5 Å². The molecule has 1 fully saturated rings. The zero-order valence-electron chi connectivity index (χ0n) is 12.7. The average molecular weight is 294 g/mol. The fraction of sp³-hybridized carbons (Fsp3) is 0.600. The molecule has 6 nitrogen and oxygen atoms in total. The molecule has 1 aliphatic rings. The molecular weight excluding hydrogens is 272 g/mol. The van der Waals surface area contributed by atoms with Gasteiger partial charge in [-0.25, -0.2) is 0 Å². The monoisotopic (exact) mass is 294 g/mol. The van der Waals surface area contributed by atoms with Crippen molar-refractivity contribution in [2.45, 2.75) is 26.3 Å². The van der Waals surface area contributed by atoms with Crippen molar-refractivity contribution >= 4 is 11.8 Å². The molecule has 0 aromatic carbocycles. The summed E-state index contributed by atoms with van der Waals surface area (Å²) in [5.41, 5.74) is 0. The number of hydrogen-bond acceptors (Lipinski definition) is 4. The summed E-state index contributed by atoms with van der Waals surface area (Å²) in [4.78, 5) is 25.7. The van der Waals surface area contributed by atoms with E-state index in [-0.39, 0.29) is 30.2 Å². The molecule has 2 atom stereocenters. The van der Waals surface area contributed by atoms with Gasteiger partial charge < -0.3 is 19.4 Å². The predicted molar refractivity (Wildman–Crippen MR) is 76.6 cm³/mol. The van der Waals surface area contributed by atoms with Crippen LogP contribution >= 0.6 is 0 Å². The molecule has 0 saturated carbocycles. The standard InChI is InChI=1S/C15H22N2O4/c1-10-4-5-13(21-10)11(2)16-15(19)12-8-14(18)17(9-12)6-7-20-3/h4-5,11-12H,6-9H2,1-3H3,(H,16,19)/t11-,12-/m0/s1. The van der Waals surface area contributed by atoms with Crippen molar-refractivity contribution in [2.24, 2.45) is 5.92 Å². The summed E-state index contributed by atoms with van der Waals surface area (Å²) >= 11 is 0. The van der Waals surface area contributed by atoms with Crippen LogP contribution in [0, 0.1) is 12.8 Å². The highest BCUT2D eigenvalue weighted by Gasteiger charge is 2.34. The topological polar surface area (TPSA) is 71.8 Å². The van der Waals surface area contributed by atoms with Gasteiger partial charge in [-0.2, -0.15) is 0 Å². The lowest BCUT2D eigenvalue weighted by molar-refractivity contribution is -0.129. The Morgan fingerprint density at radius 1 is 1.57 bits per heavy atom. The lowest BCUT2D eigenvalue weighted by Gasteiger charge is -2.17. The minimum absolute atomic E-state index is 0.00805. The van der Waals surface area contributed by atoms with E-state index < -0.39 is 0 Å². The van der Waals surface area contributed by atoms with Crippen LogP contribution in [0.2, 0.25) is 0 Å². The van der Waals surface area contributed by atoms with Gasteiger partial charge in [0.15, 0.2) is 0 Å². The number of nitrogens with one attached hydrogen (secondary N) is 1. The molecule has 1 N–H and O–H groups in total. The maximum atomic E-state index is 12.2. The van der Waals surface area contributed by atoms with E-state index in [2.05, 4.69) is 5.32 Å². The second-order valence-corrected chi connectivity index (χ2v) is 5.41. The molecule has 0 aliphatic carbocycles. The molecule has 0 bridgehead atoms. The van der Waals surface area contributed by atoms with Crippen LogP contribution in [0.3, 0.4) is 0 Å². The van der Waals surface area contributed by atoms with Gasteiger partial charge in [-0.1, -0.05) is 0 Å². The van der Waals surface area contributed by atoms with Gasteiger partial charge in [0, 0.05) is 26.6 Å². The average Bonchev–Trinajstić information content (AvgIpc) is 3.03. The largest absolute Gasteiger partial charge is 0.464 e. The van der Waals surface area contributed by atoms with Crippen LogP contribution in [0.25, 0.3) is 0 Å². The van der Waals surface area contributed by atoms with Gasteiger partial charge in [0.2, 0.25) is 11.8 Å². The summed E-state index contributed by atoms with van der Waals surface area (Å²) in [6.07, 6.45) is 0.263. The van der Waals surface area contributed by atoms with Crippen molar-refractivity contribution in [3.8, 4) is 0 Å². The summed E-state index contributed by atoms with van der Waals surface area (Å²) in [6, 6.07) is 3.52. The van der Waals surface area contributed by atoms with Gasteiger partial charge in [-0.05, 0) is 26.0 Å². The molecule has 2 amide bonds. The van der Waals surface area contributed by atoms with Crippen molar-refractivity contribution in [1.82, 2.24) is 10.2 Å². The molecule has 116 valence electrons. The Hall–Kier alpha value is -1.82. The molecule has 0 radical (unpaired) electrons. The Balaban J connectivity index is 1.88. The lowest BCUT2D eigenvalue weighted by atomic mass is 10.1. The summed E-state index contributed by atoms with van der Waals surface area (Å²) < 4.78 is 10.5. The van der Waals surface area contributed by atoms with Crippen molar-refractivity contribution < 1.29 is 18.7 Å². The van der Waals surface area contributed by atoms with E-state index in [9.17, 15) is 9.59 Å². The number of furan rings is 1. The Morgan fingerprint density at radius 3 is 2.95 bits per heavy atom. The minimum Gasteiger partial charge on any atom is -0.464 e. The SMILES string of the molecule is COCCN1C[C@@H](C(=O)N[C@@H](C)c2ccc(C)o2)CC1=O. The minimum atomic E-state index is -0.298. The quantitative estimate of drug-likeness (QED) is 0.857. The number of aryl methyl sites for hydroxylation is 1. The third kappa shape index (κ3) is 3.85. The van der Waals surface area contributed by atoms with Gasteiger partial charge in [-0.15, -0.1) is 0 Å². The number of rotatable bonds is 6. The fourth-order valence-electron chi connectivity index (χ4n) is 2.45. The maximum absolute atomic E-state index is 12.2. The lowest BCUT2D eigenvalue weighted by Crippen LogP contribution is -2.35. The number of carbonyl (C=O) groups excluding carboxylic acids is 2. The fourth-order valence-corrected chi connectivity index (χ4v) is 2.45. The summed E-state index contributed by atoms with van der Waals surface area (Å²) in [6.45, 7) is 5.21. The summed E-state index contributed by atoms with van der Waals surface area (Å²) in [5, 5.41) is 2.91. The molecule has 1 aromatic rings. The Labute approximate surface area is 124 Å². The van der Waals surface area contributed by atoms with E-state index in [1.807, 2.05) is 26.0 Å². The second-order valence-electron chi connectivity index (χ2n) is 5.41. The molecule has 1 saturated heterocycles. The smallest absolute Gasteiger partial charge is 0.226 e. The maximum Gasteiger partial charge on any atom is 0.226 e. The second kappa shape index (κ2) is 6.76. The Morgan fingerprint density at radius 2 is 2.33 bits per heavy atom. The normalized spacial score (nSPS) is 19.9. The van der Waals surface area contributed by atoms with E-state index in [1.165, 1.54) is 0 Å². The number of carbonyl (C=O) groups is 2. The predicted octanol–water partition coefficient (Wildman–Crippen LogP) is 1.26. The van der Waals surface area contributed by atoms with Crippen LogP contribution in [0.5, 0.6) is 0 Å². The van der Waals surface area contributed by atoms with Gasteiger partial charge >= 0.3 is 0 Å². The zero-order chi connectivity index (χ0) is 15.4. The molecule has 1 aliphatic heterocycles. The molecule has 2 heterocycles. The highest BCUT2D eigenvalue weighted by molar-refractivity contribution is 5.89. The first-order chi connectivity index (χ1) is 10.0. The highest BCUT2D eigenvalue weighted by Crippen LogP contribution is 2.20. The number of likely N-dealkylation sites (tertiary alicyclic amines) is 1. The third-order valence-corrected chi connectivity index (χ3v) is 3.70. The first kappa shape index (κ1) is 15.6. The number of nitrogens with zero attached hydrogens (tertiary/aromatic N) is 1. The summed E-state index contributed by atoms with van der Waals surface area (Å²) in [7, 11) is 1.60. The van der Waals surface area contributed by atoms with Crippen LogP contribution in [0.4, 0.5) is 0 Å².